The number of nitrogens with one attached hydrogen (secondary N) is 3. The number of ether oxygens (including phenoxy) is 3. The van der Waals surface area contributed by atoms with Gasteiger partial charge in [-0.2, -0.15) is 0 Å². The summed E-state index contributed by atoms with van der Waals surface area (Å²) in [7, 11) is 1.29. The minimum Gasteiger partial charge on any atom is -0.550 e. The van der Waals surface area contributed by atoms with Crippen LogP contribution in [0, 0.1) is 11.6 Å². The summed E-state index contributed by atoms with van der Waals surface area (Å²) in [5, 5.41) is 72.7. The molecule has 10 rings (SSSR count). The first-order valence-corrected chi connectivity index (χ1v) is 36.6. The van der Waals surface area contributed by atoms with Crippen molar-refractivity contribution in [2.75, 3.05) is 44.1 Å². The normalized spacial score (nSPS) is 13.6. The summed E-state index contributed by atoms with van der Waals surface area (Å²) >= 11 is 6.42. The van der Waals surface area contributed by atoms with Gasteiger partial charge in [0, 0.05) is 89.0 Å². The van der Waals surface area contributed by atoms with Crippen molar-refractivity contribution in [1.29, 1.82) is 0 Å². The number of aliphatic carboxylic acids is 2. The van der Waals surface area contributed by atoms with Crippen LogP contribution in [0.3, 0.4) is 0 Å². The minimum absolute atomic E-state index is 0. The molecule has 2 amide bonds. The molecule has 9 aromatic rings. The number of allylic oxidation sites excluding steroid dienone is 1. The van der Waals surface area contributed by atoms with Gasteiger partial charge in [-0.1, -0.05) is 155 Å². The number of dihydropyridines is 1. The number of halogens is 3. The number of aliphatic hydroxyl groups is 4. The van der Waals surface area contributed by atoms with Gasteiger partial charge >= 0.3 is 49.7 Å². The molecule has 0 saturated carbocycles. The summed E-state index contributed by atoms with van der Waals surface area (Å²) in [4.78, 5) is 75.3. The van der Waals surface area contributed by atoms with Crippen molar-refractivity contribution >= 4 is 96.4 Å². The SMILES string of the molecule is CC(C)c1c(C(=O)Nc2ccccc2)c(-c2ccccc2)c(-c2ccc(F)cc2)n1CC[C@@H](O)C[C@@H](O)CC(=O)[O-].CC(C)c1c(C(=O)Nc2ccccc2)c(-c2ccccc2)c(-c2ccc(F)cc2)n1CC[C@@H](O)C[C@@H](O)CC(=O)[O-].CCOC(=O)C1=C(COCCN)NC(C)=C(C(=O)OC)C1c1ccccc1Cl.[Ca+2]. The third-order valence-corrected chi connectivity index (χ3v) is 18.5. The Morgan fingerprint density at radius 1 is 0.559 bits per heavy atom. The fraction of sp³-hybridized carbons (Fsp3) is 0.302. The van der Waals surface area contributed by atoms with E-state index in [1.165, 1.54) is 31.4 Å². The number of carbonyl (C=O) groups excluding carboxylic acids is 6. The number of esters is 2. The molecule has 0 spiro atoms. The van der Waals surface area contributed by atoms with Gasteiger partial charge in [-0.05, 0) is 158 Å². The Morgan fingerprint density at radius 2 is 0.955 bits per heavy atom. The standard InChI is InChI=1S/2C33H35FN2O5.C20H25ClN2O5.Ca/c2*1-21(2)31-30(33(41)35-25-11-7-4-8-12-25)29(22-9-5-3-6-10-22)32(23-13-15-24(34)16-14-23)36(31)18-17-26(37)19-27(38)20-28(39)40;1-4-28-20(25)18-15(11-27-10-9-22)23-12(2)16(19(24)26-3)17(18)13-7-5-6-8-14(13)21;/h2*3-16,21,26-27,37-38H,17-20H2,1-2H3,(H,35,41)(H,39,40);5-8,17,23H,4,9-11,22H2,1-3H3;/q;;;+2/p-2/t2*26-,27-;;/m11../s1. The molecular formula is C86H93CaClF2N6O15. The second-order valence-electron chi connectivity index (χ2n) is 26.8. The van der Waals surface area contributed by atoms with Gasteiger partial charge in [0.15, 0.2) is 0 Å². The van der Waals surface area contributed by atoms with E-state index in [0.29, 0.717) is 96.8 Å². The first-order chi connectivity index (χ1) is 52.8. The summed E-state index contributed by atoms with van der Waals surface area (Å²) in [6, 6.07) is 56.5. The molecule has 0 bridgehead atoms. The van der Waals surface area contributed by atoms with Gasteiger partial charge in [0.1, 0.15) is 11.6 Å². The van der Waals surface area contributed by atoms with Gasteiger partial charge in [0.05, 0.1) is 96.6 Å². The van der Waals surface area contributed by atoms with Crippen LogP contribution >= 0.6 is 11.6 Å². The molecule has 3 heterocycles. The van der Waals surface area contributed by atoms with E-state index in [1.807, 2.05) is 134 Å². The Bertz CT molecular complexity index is 4430. The number of anilines is 2. The summed E-state index contributed by atoms with van der Waals surface area (Å²) in [5.74, 6) is -6.27. The van der Waals surface area contributed by atoms with Crippen LogP contribution in [0.5, 0.6) is 0 Å². The molecule has 7 aromatic carbocycles. The number of amides is 2. The van der Waals surface area contributed by atoms with Crippen molar-refractivity contribution in [1.82, 2.24) is 14.5 Å². The van der Waals surface area contributed by atoms with Crippen LogP contribution in [-0.2, 0) is 46.5 Å². The Morgan fingerprint density at radius 3 is 1.32 bits per heavy atom. The number of carbonyl (C=O) groups is 6. The average Bonchev–Trinajstić information content (AvgIpc) is 1.38. The molecule has 0 radical (unpaired) electrons. The zero-order chi connectivity index (χ0) is 79.7. The Labute approximate surface area is 679 Å². The second kappa shape index (κ2) is 43.3. The van der Waals surface area contributed by atoms with Crippen LogP contribution < -0.4 is 31.9 Å². The number of rotatable bonds is 32. The van der Waals surface area contributed by atoms with E-state index in [1.54, 1.807) is 86.6 Å². The first-order valence-electron chi connectivity index (χ1n) is 36.2. The van der Waals surface area contributed by atoms with Crippen LogP contribution in [0.25, 0.3) is 44.8 Å². The Balaban J connectivity index is 0.000000235. The van der Waals surface area contributed by atoms with E-state index in [4.69, 9.17) is 31.5 Å². The van der Waals surface area contributed by atoms with Crippen molar-refractivity contribution in [2.45, 2.75) is 135 Å². The first kappa shape index (κ1) is 88.6. The number of carboxylic acids is 2. The van der Waals surface area contributed by atoms with E-state index in [9.17, 15) is 68.2 Å². The molecule has 1 aliphatic rings. The Hall–Kier alpha value is -9.63. The number of para-hydroxylation sites is 2. The number of benzene rings is 7. The third-order valence-electron chi connectivity index (χ3n) is 18.1. The third kappa shape index (κ3) is 24.0. The molecule has 5 atom stereocenters. The fourth-order valence-corrected chi connectivity index (χ4v) is 13.8. The molecule has 1 unspecified atom stereocenters. The van der Waals surface area contributed by atoms with Crippen molar-refractivity contribution in [3.05, 3.63) is 261 Å². The van der Waals surface area contributed by atoms with E-state index >= 15 is 0 Å². The van der Waals surface area contributed by atoms with Gasteiger partial charge < -0.3 is 85.3 Å². The van der Waals surface area contributed by atoms with Crippen molar-refractivity contribution in [3.8, 4) is 44.8 Å². The van der Waals surface area contributed by atoms with Crippen molar-refractivity contribution < 1.29 is 82.4 Å². The summed E-state index contributed by atoms with van der Waals surface area (Å²) in [6.45, 7) is 12.9. The molecule has 1 aliphatic heterocycles. The second-order valence-corrected chi connectivity index (χ2v) is 27.3. The van der Waals surface area contributed by atoms with E-state index < -0.39 is 78.7 Å². The van der Waals surface area contributed by atoms with Gasteiger partial charge in [0.2, 0.25) is 0 Å². The monoisotopic (exact) mass is 1560 g/mol. The maximum Gasteiger partial charge on any atom is 2.00 e. The maximum absolute atomic E-state index is 14.0. The number of nitrogens with two attached hydrogens (primary N) is 1. The van der Waals surface area contributed by atoms with E-state index in [0.717, 1.165) is 22.5 Å². The predicted octanol–water partition coefficient (Wildman–Crippen LogP) is 11.8. The van der Waals surface area contributed by atoms with Crippen LogP contribution in [0.2, 0.25) is 5.02 Å². The summed E-state index contributed by atoms with van der Waals surface area (Å²) in [6.07, 6.45) is -5.54. The number of methoxy groups -OCH3 is 1. The molecule has 21 nitrogen and oxygen atoms in total. The predicted molar refractivity (Wildman–Crippen MR) is 421 cm³/mol. The van der Waals surface area contributed by atoms with Crippen LogP contribution in [0.15, 0.2) is 217 Å². The fourth-order valence-electron chi connectivity index (χ4n) is 13.5. The molecule has 0 saturated heterocycles. The molecule has 0 fully saturated rings. The van der Waals surface area contributed by atoms with Crippen molar-refractivity contribution in [2.24, 2.45) is 5.73 Å². The smallest absolute Gasteiger partial charge is 0.550 e. The Kier molecular flexibility index (Phi) is 34.5. The van der Waals surface area contributed by atoms with Gasteiger partial charge in [0.25, 0.3) is 11.8 Å². The molecule has 0 aliphatic carbocycles. The molecule has 580 valence electrons. The van der Waals surface area contributed by atoms with Gasteiger partial charge in [-0.25, -0.2) is 18.4 Å². The number of nitrogens with zero attached hydrogens (tertiary/aromatic N) is 2. The number of carboxylic acid groups (broad SMARTS) is 2. The molecule has 2 aromatic heterocycles. The number of aliphatic hydroxyl groups excluding tert-OH is 4. The average molecular weight is 1560 g/mol. The summed E-state index contributed by atoms with van der Waals surface area (Å²) < 4.78 is 47.7. The zero-order valence-corrected chi connectivity index (χ0v) is 66.1. The quantitative estimate of drug-likeness (QED) is 0.0110. The zero-order valence-electron chi connectivity index (χ0n) is 63.1. The maximum atomic E-state index is 14.0. The molecule has 111 heavy (non-hydrogen) atoms. The molecule has 9 N–H and O–H groups in total. The van der Waals surface area contributed by atoms with E-state index in [-0.39, 0.29) is 119 Å². The largest absolute Gasteiger partial charge is 2.00 e. The summed E-state index contributed by atoms with van der Waals surface area (Å²) in [5.41, 5.74) is 17.1. The van der Waals surface area contributed by atoms with Crippen LogP contribution in [0.1, 0.15) is 135 Å². The van der Waals surface area contributed by atoms with Gasteiger partial charge in [-0.15, -0.1) is 0 Å². The van der Waals surface area contributed by atoms with Crippen LogP contribution in [0.4, 0.5) is 20.2 Å². The number of hydrogen-bond acceptors (Lipinski definition) is 17. The van der Waals surface area contributed by atoms with Crippen LogP contribution in [-0.4, -0.2) is 161 Å². The van der Waals surface area contributed by atoms with Crippen molar-refractivity contribution in [3.63, 3.8) is 0 Å². The number of hydrogen-bond donors (Lipinski definition) is 8. The number of aromatic nitrogens is 2. The van der Waals surface area contributed by atoms with Gasteiger partial charge in [-0.3, -0.25) is 9.59 Å². The molecular weight excluding hydrogens is 1470 g/mol. The minimum atomic E-state index is -1.39. The molecule has 25 heteroatoms. The van der Waals surface area contributed by atoms with E-state index in [2.05, 4.69) is 16.0 Å². The topological polar surface area (TPSA) is 329 Å².